The largest absolute Gasteiger partial charge is 0.309 e. The second kappa shape index (κ2) is 10.2. The summed E-state index contributed by atoms with van der Waals surface area (Å²) in [4.78, 5) is 3.70. The van der Waals surface area contributed by atoms with Crippen molar-refractivity contribution in [2.45, 2.75) is 26.2 Å². The summed E-state index contributed by atoms with van der Waals surface area (Å²) in [7, 11) is 0. The molecule has 8 aromatic rings. The first-order valence-electron chi connectivity index (χ1n) is 15.5. The lowest BCUT2D eigenvalue weighted by Crippen LogP contribution is -2.17. The summed E-state index contributed by atoms with van der Waals surface area (Å²) < 4.78 is 4.64. The molecule has 0 aliphatic heterocycles. The maximum atomic E-state index is 10.3. The molecule has 0 saturated carbocycles. The molecule has 0 unspecified atom stereocenters. The van der Waals surface area contributed by atoms with Crippen molar-refractivity contribution in [2.24, 2.45) is 0 Å². The van der Waals surface area contributed by atoms with Crippen molar-refractivity contribution in [1.29, 1.82) is 5.26 Å². The van der Waals surface area contributed by atoms with Crippen molar-refractivity contribution in [3.05, 3.63) is 150 Å². The molecule has 0 radical (unpaired) electrons. The van der Waals surface area contributed by atoms with Gasteiger partial charge in [-0.2, -0.15) is 5.26 Å². The van der Waals surface area contributed by atoms with Gasteiger partial charge in [0.1, 0.15) is 0 Å². The van der Waals surface area contributed by atoms with Crippen LogP contribution in [-0.4, -0.2) is 9.13 Å². The maximum absolute atomic E-state index is 10.3. The summed E-state index contributed by atoms with van der Waals surface area (Å²) in [6.07, 6.45) is 0. The van der Waals surface area contributed by atoms with Gasteiger partial charge in [0, 0.05) is 32.9 Å². The third-order valence-corrected chi connectivity index (χ3v) is 9.08. The van der Waals surface area contributed by atoms with E-state index < -0.39 is 0 Å². The minimum absolute atomic E-state index is 0.369. The second-order valence-electron chi connectivity index (χ2n) is 12.8. The van der Waals surface area contributed by atoms with Gasteiger partial charge in [-0.05, 0) is 64.6 Å². The Labute approximate surface area is 267 Å². The first-order valence-corrected chi connectivity index (χ1v) is 15.5. The summed E-state index contributed by atoms with van der Waals surface area (Å²) in [6, 6.07) is 47.1. The van der Waals surface area contributed by atoms with Crippen LogP contribution in [0.1, 0.15) is 31.9 Å². The van der Waals surface area contributed by atoms with Gasteiger partial charge in [-0.1, -0.05) is 106 Å². The molecule has 4 heteroatoms. The zero-order valence-electron chi connectivity index (χ0n) is 25.9. The van der Waals surface area contributed by atoms with Crippen molar-refractivity contribution in [3.8, 4) is 28.6 Å². The zero-order chi connectivity index (χ0) is 31.6. The molecule has 46 heavy (non-hydrogen) atoms. The lowest BCUT2D eigenvalue weighted by Gasteiger charge is -2.26. The zero-order valence-corrected chi connectivity index (χ0v) is 25.9. The monoisotopic (exact) mass is 590 g/mol. The Morgan fingerprint density at radius 3 is 2.00 bits per heavy atom. The van der Waals surface area contributed by atoms with Crippen LogP contribution in [0, 0.1) is 17.9 Å². The molecule has 0 spiro atoms. The number of nitrogens with zero attached hydrogens (tertiary/aromatic N) is 4. The van der Waals surface area contributed by atoms with Crippen molar-refractivity contribution >= 4 is 49.3 Å². The SMILES string of the molecule is [C-]#[N+]c1ccc(-n2c3ccccc3c3c(-c4ccc5c6ccccc6n(-c6ccccc6)c5c4)cccc32)c(C(C)(C)C)c1C#N. The lowest BCUT2D eigenvalue weighted by molar-refractivity contribution is 0.586. The van der Waals surface area contributed by atoms with Crippen LogP contribution in [0.4, 0.5) is 5.69 Å². The van der Waals surface area contributed by atoms with E-state index in [1.54, 1.807) is 6.07 Å². The first kappa shape index (κ1) is 27.4. The van der Waals surface area contributed by atoms with Gasteiger partial charge in [0.05, 0.1) is 40.3 Å². The van der Waals surface area contributed by atoms with Crippen LogP contribution in [0.15, 0.2) is 127 Å². The van der Waals surface area contributed by atoms with Crippen molar-refractivity contribution in [2.75, 3.05) is 0 Å². The number of benzene rings is 6. The topological polar surface area (TPSA) is 38.0 Å². The lowest BCUT2D eigenvalue weighted by atomic mass is 9.82. The Bertz CT molecular complexity index is 2580. The maximum Gasteiger partial charge on any atom is 0.205 e. The number of aromatic nitrogens is 2. The number of rotatable bonds is 3. The number of nitriles is 1. The molecule has 0 N–H and O–H groups in total. The van der Waals surface area contributed by atoms with Gasteiger partial charge in [-0.3, -0.25) is 0 Å². The minimum atomic E-state index is -0.369. The molecule has 2 aromatic heterocycles. The van der Waals surface area contributed by atoms with Gasteiger partial charge in [0.2, 0.25) is 5.69 Å². The summed E-state index contributed by atoms with van der Waals surface area (Å²) in [6.45, 7) is 14.1. The van der Waals surface area contributed by atoms with Gasteiger partial charge >= 0.3 is 0 Å². The molecule has 0 aliphatic carbocycles. The number of para-hydroxylation sites is 3. The number of hydrogen-bond acceptors (Lipinski definition) is 1. The van der Waals surface area contributed by atoms with Crippen LogP contribution in [0.5, 0.6) is 0 Å². The molecule has 0 amide bonds. The molecule has 0 aliphatic rings. The number of hydrogen-bond donors (Lipinski definition) is 0. The first-order chi connectivity index (χ1) is 22.4. The van der Waals surface area contributed by atoms with E-state index in [0.29, 0.717) is 11.3 Å². The van der Waals surface area contributed by atoms with E-state index in [4.69, 9.17) is 6.57 Å². The highest BCUT2D eigenvalue weighted by atomic mass is 15.0. The molecule has 0 saturated heterocycles. The Kier molecular flexibility index (Phi) is 6.11. The molecular formula is C42H30N4. The summed E-state index contributed by atoms with van der Waals surface area (Å²) in [5, 5.41) is 15.0. The molecule has 6 aromatic carbocycles. The predicted octanol–water partition coefficient (Wildman–Crippen LogP) is 11.3. The average molecular weight is 591 g/mol. The summed E-state index contributed by atoms with van der Waals surface area (Å²) in [5.41, 5.74) is 10.2. The fraction of sp³-hybridized carbons (Fsp3) is 0.0952. The highest BCUT2D eigenvalue weighted by Crippen LogP contribution is 2.44. The second-order valence-corrected chi connectivity index (χ2v) is 12.8. The van der Waals surface area contributed by atoms with Crippen LogP contribution >= 0.6 is 0 Å². The van der Waals surface area contributed by atoms with Gasteiger partial charge in [-0.15, -0.1) is 0 Å². The highest BCUT2D eigenvalue weighted by Gasteiger charge is 2.27. The molecule has 0 fully saturated rings. The van der Waals surface area contributed by atoms with Crippen LogP contribution in [0.25, 0.3) is 71.0 Å². The fourth-order valence-electron chi connectivity index (χ4n) is 7.25. The van der Waals surface area contributed by atoms with Crippen LogP contribution in [-0.2, 0) is 5.41 Å². The molecule has 8 rings (SSSR count). The number of fused-ring (bicyclic) bond motifs is 6. The fourth-order valence-corrected chi connectivity index (χ4v) is 7.25. The smallest absolute Gasteiger partial charge is 0.205 e. The van der Waals surface area contributed by atoms with Gasteiger partial charge in [0.15, 0.2) is 0 Å². The van der Waals surface area contributed by atoms with E-state index in [0.717, 1.165) is 55.4 Å². The van der Waals surface area contributed by atoms with Crippen molar-refractivity contribution in [3.63, 3.8) is 0 Å². The Morgan fingerprint density at radius 1 is 0.630 bits per heavy atom. The van der Waals surface area contributed by atoms with E-state index in [9.17, 15) is 5.26 Å². The van der Waals surface area contributed by atoms with Crippen LogP contribution < -0.4 is 0 Å². The quantitative estimate of drug-likeness (QED) is 0.189. The third-order valence-electron chi connectivity index (χ3n) is 9.08. The third kappa shape index (κ3) is 3.98. The predicted molar refractivity (Wildman–Crippen MR) is 190 cm³/mol. The van der Waals surface area contributed by atoms with Crippen molar-refractivity contribution in [1.82, 2.24) is 9.13 Å². The van der Waals surface area contributed by atoms with E-state index in [1.807, 2.05) is 6.07 Å². The summed E-state index contributed by atoms with van der Waals surface area (Å²) >= 11 is 0. The Balaban J connectivity index is 1.46. The standard InChI is InChI=1S/C42H30N4/c1-42(2,3)41-33(26-43)34(44-4)23-24-38(41)46-36-19-11-9-16-32(36)40-29(17-12-20-37(40)46)27-21-22-31-30-15-8-10-18-35(30)45(39(31)25-27)28-13-6-5-7-14-28/h5-25H,1-3H3. The molecule has 218 valence electrons. The average Bonchev–Trinajstić information content (AvgIpc) is 3.60. The molecule has 0 bridgehead atoms. The van der Waals surface area contributed by atoms with Gasteiger partial charge in [0.25, 0.3) is 0 Å². The van der Waals surface area contributed by atoms with Gasteiger partial charge < -0.3 is 9.13 Å². The van der Waals surface area contributed by atoms with E-state index >= 15 is 0 Å². The minimum Gasteiger partial charge on any atom is -0.309 e. The van der Waals surface area contributed by atoms with Crippen molar-refractivity contribution < 1.29 is 0 Å². The van der Waals surface area contributed by atoms with E-state index in [-0.39, 0.29) is 5.41 Å². The highest BCUT2D eigenvalue weighted by molar-refractivity contribution is 6.17. The molecular weight excluding hydrogens is 560 g/mol. The van der Waals surface area contributed by atoms with Crippen LogP contribution in [0.3, 0.4) is 0 Å². The van der Waals surface area contributed by atoms with Gasteiger partial charge in [-0.25, -0.2) is 4.85 Å². The molecule has 2 heterocycles. The Morgan fingerprint density at radius 2 is 1.28 bits per heavy atom. The van der Waals surface area contributed by atoms with E-state index in [2.05, 4.69) is 156 Å². The van der Waals surface area contributed by atoms with E-state index in [1.165, 1.54) is 16.3 Å². The summed E-state index contributed by atoms with van der Waals surface area (Å²) in [5.74, 6) is 0. The molecule has 0 atom stereocenters. The Hall–Kier alpha value is -6.10. The molecule has 4 nitrogen and oxygen atoms in total. The van der Waals surface area contributed by atoms with Crippen LogP contribution in [0.2, 0.25) is 0 Å². The normalized spacial score (nSPS) is 11.8.